The summed E-state index contributed by atoms with van der Waals surface area (Å²) in [5.41, 5.74) is 5.90. The molecule has 3 heteroatoms. The van der Waals surface area contributed by atoms with Crippen LogP contribution in [0.15, 0.2) is 0 Å². The van der Waals surface area contributed by atoms with Crippen molar-refractivity contribution in [2.45, 2.75) is 57.9 Å². The molecule has 98 valence electrons. The molecule has 1 amide bonds. The van der Waals surface area contributed by atoms with Crippen LogP contribution in [-0.2, 0) is 4.79 Å². The zero-order valence-electron chi connectivity index (χ0n) is 11.0. The van der Waals surface area contributed by atoms with E-state index in [0.29, 0.717) is 5.92 Å². The monoisotopic (exact) mass is 238 g/mol. The van der Waals surface area contributed by atoms with E-state index in [1.165, 1.54) is 38.5 Å². The third-order valence-corrected chi connectivity index (χ3v) is 4.45. The Morgan fingerprint density at radius 1 is 1.29 bits per heavy atom. The van der Waals surface area contributed by atoms with E-state index in [0.717, 1.165) is 24.8 Å². The summed E-state index contributed by atoms with van der Waals surface area (Å²) in [4.78, 5) is 11.8. The minimum absolute atomic E-state index is 0.0645. The second-order valence-corrected chi connectivity index (χ2v) is 6.05. The van der Waals surface area contributed by atoms with Crippen LogP contribution in [0, 0.1) is 17.8 Å². The molecule has 0 aromatic carbocycles. The first kappa shape index (κ1) is 12.9. The number of rotatable bonds is 5. The van der Waals surface area contributed by atoms with Crippen molar-refractivity contribution in [3.63, 3.8) is 0 Å². The second kappa shape index (κ2) is 5.85. The van der Waals surface area contributed by atoms with E-state index < -0.39 is 0 Å². The fourth-order valence-electron chi connectivity index (χ4n) is 2.88. The van der Waals surface area contributed by atoms with Crippen molar-refractivity contribution in [2.24, 2.45) is 23.5 Å². The van der Waals surface area contributed by atoms with Gasteiger partial charge in [-0.1, -0.05) is 39.0 Å². The van der Waals surface area contributed by atoms with E-state index in [1.807, 2.05) is 0 Å². The smallest absolute Gasteiger partial charge is 0.236 e. The van der Waals surface area contributed by atoms with Crippen molar-refractivity contribution in [3.05, 3.63) is 0 Å². The van der Waals surface area contributed by atoms with Gasteiger partial charge in [0.2, 0.25) is 5.91 Å². The molecular formula is C14H26N2O. The normalized spacial score (nSPS) is 30.9. The van der Waals surface area contributed by atoms with Crippen LogP contribution in [-0.4, -0.2) is 18.5 Å². The number of hydrogen-bond acceptors (Lipinski definition) is 2. The molecule has 2 aliphatic carbocycles. The number of nitrogens with two attached hydrogens (primary N) is 1. The van der Waals surface area contributed by atoms with Crippen molar-refractivity contribution >= 4 is 5.91 Å². The van der Waals surface area contributed by atoms with Gasteiger partial charge in [0.05, 0.1) is 6.04 Å². The Labute approximate surface area is 105 Å². The van der Waals surface area contributed by atoms with Crippen LogP contribution in [0.2, 0.25) is 0 Å². The molecule has 2 rings (SSSR count). The van der Waals surface area contributed by atoms with Gasteiger partial charge in [0.1, 0.15) is 0 Å². The van der Waals surface area contributed by atoms with Crippen LogP contribution in [0.4, 0.5) is 0 Å². The highest BCUT2D eigenvalue weighted by Gasteiger charge is 2.28. The molecule has 0 aromatic heterocycles. The quantitative estimate of drug-likeness (QED) is 0.770. The summed E-state index contributed by atoms with van der Waals surface area (Å²) in [5, 5.41) is 3.05. The zero-order valence-corrected chi connectivity index (χ0v) is 11.0. The molecule has 2 fully saturated rings. The number of carbonyl (C=O) groups is 1. The van der Waals surface area contributed by atoms with Crippen molar-refractivity contribution in [1.82, 2.24) is 5.32 Å². The highest BCUT2D eigenvalue weighted by molar-refractivity contribution is 5.81. The Balaban J connectivity index is 1.67. The minimum Gasteiger partial charge on any atom is -0.354 e. The van der Waals surface area contributed by atoms with E-state index in [9.17, 15) is 4.79 Å². The molecule has 2 aliphatic rings. The van der Waals surface area contributed by atoms with Gasteiger partial charge in [-0.05, 0) is 30.6 Å². The van der Waals surface area contributed by atoms with Gasteiger partial charge in [-0.2, -0.15) is 0 Å². The van der Waals surface area contributed by atoms with Crippen LogP contribution in [0.3, 0.4) is 0 Å². The molecule has 0 spiro atoms. The van der Waals surface area contributed by atoms with Crippen molar-refractivity contribution in [2.75, 3.05) is 6.54 Å². The van der Waals surface area contributed by atoms with Gasteiger partial charge in [-0.25, -0.2) is 0 Å². The first-order valence-corrected chi connectivity index (χ1v) is 7.20. The number of carbonyl (C=O) groups excluding carboxylic acids is 1. The van der Waals surface area contributed by atoms with Crippen molar-refractivity contribution in [1.29, 1.82) is 0 Å². The van der Waals surface area contributed by atoms with Gasteiger partial charge in [-0.15, -0.1) is 0 Å². The molecular weight excluding hydrogens is 212 g/mol. The highest BCUT2D eigenvalue weighted by Crippen LogP contribution is 2.33. The average molecular weight is 238 g/mol. The van der Waals surface area contributed by atoms with Gasteiger partial charge in [0.25, 0.3) is 0 Å². The summed E-state index contributed by atoms with van der Waals surface area (Å²) in [6.45, 7) is 3.14. The summed E-state index contributed by atoms with van der Waals surface area (Å²) in [6.07, 6.45) is 8.66. The maximum Gasteiger partial charge on any atom is 0.236 e. The van der Waals surface area contributed by atoms with Crippen LogP contribution in [0.5, 0.6) is 0 Å². The Morgan fingerprint density at radius 3 is 2.65 bits per heavy atom. The second-order valence-electron chi connectivity index (χ2n) is 6.05. The SMILES string of the molecule is CC1CCCCC1CNC(=O)[C@@H](N)CC1CC1. The van der Waals surface area contributed by atoms with Crippen LogP contribution in [0.25, 0.3) is 0 Å². The van der Waals surface area contributed by atoms with Gasteiger partial charge in [0, 0.05) is 6.54 Å². The molecule has 2 saturated carbocycles. The molecule has 3 N–H and O–H groups in total. The fraction of sp³-hybridized carbons (Fsp3) is 0.929. The maximum atomic E-state index is 11.8. The number of nitrogens with one attached hydrogen (secondary N) is 1. The lowest BCUT2D eigenvalue weighted by Crippen LogP contribution is -2.43. The van der Waals surface area contributed by atoms with Gasteiger partial charge < -0.3 is 11.1 Å². The molecule has 0 radical (unpaired) electrons. The largest absolute Gasteiger partial charge is 0.354 e. The Kier molecular flexibility index (Phi) is 4.43. The van der Waals surface area contributed by atoms with E-state index >= 15 is 0 Å². The van der Waals surface area contributed by atoms with Crippen molar-refractivity contribution in [3.8, 4) is 0 Å². The molecule has 0 aliphatic heterocycles. The minimum atomic E-state index is -0.276. The standard InChI is InChI=1S/C14H26N2O/c1-10-4-2-3-5-12(10)9-16-14(17)13(15)8-11-6-7-11/h10-13H,2-9,15H2,1H3,(H,16,17)/t10?,12?,13-/m0/s1. The highest BCUT2D eigenvalue weighted by atomic mass is 16.2. The van der Waals surface area contributed by atoms with E-state index in [4.69, 9.17) is 5.73 Å². The fourth-order valence-corrected chi connectivity index (χ4v) is 2.88. The summed E-state index contributed by atoms with van der Waals surface area (Å²) >= 11 is 0. The Morgan fingerprint density at radius 2 is 2.00 bits per heavy atom. The van der Waals surface area contributed by atoms with Gasteiger partial charge in [-0.3, -0.25) is 4.79 Å². The van der Waals surface area contributed by atoms with Crippen LogP contribution in [0.1, 0.15) is 51.9 Å². The lowest BCUT2D eigenvalue weighted by atomic mass is 9.80. The zero-order chi connectivity index (χ0) is 12.3. The van der Waals surface area contributed by atoms with Gasteiger partial charge >= 0.3 is 0 Å². The molecule has 3 nitrogen and oxygen atoms in total. The van der Waals surface area contributed by atoms with Crippen LogP contribution >= 0.6 is 0 Å². The molecule has 17 heavy (non-hydrogen) atoms. The molecule has 0 saturated heterocycles. The lowest BCUT2D eigenvalue weighted by molar-refractivity contribution is -0.122. The summed E-state index contributed by atoms with van der Waals surface area (Å²) in [6, 6.07) is -0.276. The third-order valence-electron chi connectivity index (χ3n) is 4.45. The number of amides is 1. The van der Waals surface area contributed by atoms with E-state index in [2.05, 4.69) is 12.2 Å². The molecule has 0 aromatic rings. The predicted octanol–water partition coefficient (Wildman–Crippen LogP) is 2.06. The summed E-state index contributed by atoms with van der Waals surface area (Å²) < 4.78 is 0. The lowest BCUT2D eigenvalue weighted by Gasteiger charge is -2.29. The predicted molar refractivity (Wildman–Crippen MR) is 69.4 cm³/mol. The first-order chi connectivity index (χ1) is 8.16. The number of hydrogen-bond donors (Lipinski definition) is 2. The Hall–Kier alpha value is -0.570. The first-order valence-electron chi connectivity index (χ1n) is 7.20. The van der Waals surface area contributed by atoms with Crippen molar-refractivity contribution < 1.29 is 4.79 Å². The third kappa shape index (κ3) is 3.98. The molecule has 3 atom stereocenters. The van der Waals surface area contributed by atoms with Gasteiger partial charge in [0.15, 0.2) is 0 Å². The maximum absolute atomic E-state index is 11.8. The average Bonchev–Trinajstić information content (AvgIpc) is 3.11. The Bertz CT molecular complexity index is 263. The molecule has 0 heterocycles. The van der Waals surface area contributed by atoms with E-state index in [1.54, 1.807) is 0 Å². The van der Waals surface area contributed by atoms with E-state index in [-0.39, 0.29) is 11.9 Å². The molecule has 2 unspecified atom stereocenters. The summed E-state index contributed by atoms with van der Waals surface area (Å²) in [5.74, 6) is 2.21. The topological polar surface area (TPSA) is 55.1 Å². The summed E-state index contributed by atoms with van der Waals surface area (Å²) in [7, 11) is 0. The van der Waals surface area contributed by atoms with Crippen LogP contribution < -0.4 is 11.1 Å². The molecule has 0 bridgehead atoms.